The molecule has 0 unspecified atom stereocenters. The molecular weight excluding hydrogens is 906 g/mol. The lowest BCUT2D eigenvalue weighted by atomic mass is 9.59. The first-order valence-electron chi connectivity index (χ1n) is 24.3. The Hall–Kier alpha value is -5.98. The number of pyridine rings is 1. The van der Waals surface area contributed by atoms with Crippen LogP contribution in [0.15, 0.2) is 71.9 Å². The maximum atomic E-state index is 16.6. The molecule has 69 heavy (non-hydrogen) atoms. The highest BCUT2D eigenvalue weighted by Crippen LogP contribution is 2.55. The highest BCUT2D eigenvalue weighted by Gasteiger charge is 2.50. The number of aliphatic hydroxyl groups is 1. The summed E-state index contributed by atoms with van der Waals surface area (Å²) in [5, 5.41) is 26.8. The second-order valence-electron chi connectivity index (χ2n) is 20.4. The zero-order valence-corrected chi connectivity index (χ0v) is 40.1. The van der Waals surface area contributed by atoms with E-state index >= 15 is 4.39 Å². The van der Waals surface area contributed by atoms with Crippen LogP contribution in [0.1, 0.15) is 118 Å². The Balaban J connectivity index is 0.891. The van der Waals surface area contributed by atoms with Gasteiger partial charge in [-0.05, 0) is 124 Å². The SMILES string of the molecule is CC(C)c1ccccc1[C@@H]1CCCN1C1CC2(CCN(c3cc(Oc4cnc5[nH]ccc5c4)c(C(=O)NS(=O)(=O)c4cc([N+](=O)[O-])c(NC[C@H]5CC[C@](C)(O)CC5)c5c4OCCO5)cc3F)CC2)C1. The molecule has 5 heterocycles. The average Bonchev–Trinajstić information content (AvgIpc) is 4.01. The Morgan fingerprint density at radius 1 is 1.03 bits per heavy atom. The lowest BCUT2D eigenvalue weighted by molar-refractivity contribution is -0.384. The third-order valence-electron chi connectivity index (χ3n) is 15.4. The van der Waals surface area contributed by atoms with E-state index in [-0.39, 0.29) is 58.9 Å². The minimum atomic E-state index is -4.94. The second kappa shape index (κ2) is 18.4. The van der Waals surface area contributed by atoms with E-state index in [1.807, 2.05) is 9.62 Å². The maximum Gasteiger partial charge on any atom is 0.297 e. The van der Waals surface area contributed by atoms with Crippen molar-refractivity contribution >= 4 is 44.0 Å². The van der Waals surface area contributed by atoms with Gasteiger partial charge in [-0.25, -0.2) is 22.5 Å². The Kier molecular flexibility index (Phi) is 12.5. The van der Waals surface area contributed by atoms with Crippen LogP contribution in [0.3, 0.4) is 0 Å². The Bertz CT molecular complexity index is 2880. The first-order valence-corrected chi connectivity index (χ1v) is 25.7. The van der Waals surface area contributed by atoms with Crippen molar-refractivity contribution in [2.45, 2.75) is 113 Å². The molecule has 1 atom stereocenters. The van der Waals surface area contributed by atoms with Crippen LogP contribution in [0.2, 0.25) is 0 Å². The molecule has 2 aromatic heterocycles. The van der Waals surface area contributed by atoms with E-state index in [1.165, 1.54) is 29.8 Å². The smallest absolute Gasteiger partial charge is 0.297 e. The van der Waals surface area contributed by atoms with E-state index in [0.717, 1.165) is 50.8 Å². The maximum absolute atomic E-state index is 16.6. The van der Waals surface area contributed by atoms with Crippen LogP contribution in [-0.2, 0) is 10.0 Å². The summed E-state index contributed by atoms with van der Waals surface area (Å²) in [6.45, 7) is 8.79. The fourth-order valence-corrected chi connectivity index (χ4v) is 12.6. The topological polar surface area (TPSA) is 201 Å². The van der Waals surface area contributed by atoms with Crippen LogP contribution < -0.4 is 29.1 Å². The second-order valence-corrected chi connectivity index (χ2v) is 22.0. The van der Waals surface area contributed by atoms with Gasteiger partial charge in [-0.3, -0.25) is 19.8 Å². The number of sulfonamides is 1. The molecule has 10 rings (SSSR count). The number of nitro groups is 1. The molecule has 0 radical (unpaired) electrons. The molecule has 5 aromatic rings. The highest BCUT2D eigenvalue weighted by molar-refractivity contribution is 7.90. The number of carbonyl (C=O) groups is 1. The van der Waals surface area contributed by atoms with E-state index in [2.05, 4.69) is 58.3 Å². The molecule has 16 nitrogen and oxygen atoms in total. The number of amides is 1. The normalized spacial score (nSPS) is 22.7. The van der Waals surface area contributed by atoms with Crippen molar-refractivity contribution in [2.75, 3.05) is 49.6 Å². The van der Waals surface area contributed by atoms with Gasteiger partial charge in [0.15, 0.2) is 17.2 Å². The van der Waals surface area contributed by atoms with Crippen LogP contribution >= 0.6 is 0 Å². The van der Waals surface area contributed by atoms with Crippen molar-refractivity contribution in [3.63, 3.8) is 0 Å². The minimum absolute atomic E-state index is 0.0116. The van der Waals surface area contributed by atoms with Gasteiger partial charge >= 0.3 is 0 Å². The van der Waals surface area contributed by atoms with E-state index in [4.69, 9.17) is 14.2 Å². The molecular formula is C51H60FN7O9S. The number of nitro benzene ring substituents is 1. The number of aromatic amines is 1. The number of nitrogens with zero attached hydrogens (tertiary/aromatic N) is 4. The fraction of sp³-hybridized carbons (Fsp3) is 0.490. The zero-order chi connectivity index (χ0) is 48.2. The molecule has 1 amide bonds. The predicted molar refractivity (Wildman–Crippen MR) is 258 cm³/mol. The van der Waals surface area contributed by atoms with E-state index < -0.39 is 48.4 Å². The van der Waals surface area contributed by atoms with Gasteiger partial charge < -0.3 is 34.5 Å². The lowest BCUT2D eigenvalue weighted by Gasteiger charge is -2.56. The predicted octanol–water partition coefficient (Wildman–Crippen LogP) is 9.36. The Morgan fingerprint density at radius 2 is 1.77 bits per heavy atom. The number of halogens is 1. The fourth-order valence-electron chi connectivity index (χ4n) is 11.5. The van der Waals surface area contributed by atoms with Crippen LogP contribution in [0.4, 0.5) is 21.5 Å². The van der Waals surface area contributed by atoms with Gasteiger partial charge in [0.25, 0.3) is 21.6 Å². The number of benzene rings is 3. The first-order chi connectivity index (χ1) is 33.1. The summed E-state index contributed by atoms with van der Waals surface area (Å²) in [5.74, 6) is -1.80. The number of H-pyrrole nitrogens is 1. The molecule has 1 spiro atoms. The summed E-state index contributed by atoms with van der Waals surface area (Å²) in [6, 6.07) is 16.5. The third kappa shape index (κ3) is 9.30. The van der Waals surface area contributed by atoms with Crippen LogP contribution in [0.25, 0.3) is 11.0 Å². The van der Waals surface area contributed by atoms with Gasteiger partial charge in [0.05, 0.1) is 28.0 Å². The lowest BCUT2D eigenvalue weighted by Crippen LogP contribution is -2.55. The molecule has 0 bridgehead atoms. The van der Waals surface area contributed by atoms with Gasteiger partial charge in [-0.15, -0.1) is 0 Å². The van der Waals surface area contributed by atoms with Crippen molar-refractivity contribution in [3.05, 3.63) is 99.6 Å². The van der Waals surface area contributed by atoms with Crippen molar-refractivity contribution in [1.29, 1.82) is 0 Å². The monoisotopic (exact) mass is 965 g/mol. The van der Waals surface area contributed by atoms with Gasteiger partial charge in [-0.2, -0.15) is 0 Å². The number of hydrogen-bond acceptors (Lipinski definition) is 13. The van der Waals surface area contributed by atoms with Gasteiger partial charge in [0.1, 0.15) is 41.1 Å². The average molecular weight is 966 g/mol. The van der Waals surface area contributed by atoms with Crippen molar-refractivity contribution in [2.24, 2.45) is 11.3 Å². The van der Waals surface area contributed by atoms with E-state index in [0.29, 0.717) is 74.4 Å². The molecule has 4 N–H and O–H groups in total. The summed E-state index contributed by atoms with van der Waals surface area (Å²) < 4.78 is 65.0. The molecule has 2 aliphatic carbocycles. The number of nitrogens with one attached hydrogen (secondary N) is 3. The Morgan fingerprint density at radius 3 is 2.51 bits per heavy atom. The largest absolute Gasteiger partial charge is 0.485 e. The number of hydrogen-bond donors (Lipinski definition) is 4. The van der Waals surface area contributed by atoms with Gasteiger partial charge in [0, 0.05) is 55.4 Å². The number of carbonyl (C=O) groups excluding carboxylic acids is 1. The standard InChI is InChI=1S/C51H60FN7O9S/c1-31(2)36-7-4-5-8-37(36)40-9-6-18-58(40)34-27-51(28-34)15-19-57(20-16-51)41-25-43(68-35-23-33-12-17-53-48(33)55-30-35)38(24-39(41)52)49(60)56-69(64,65)44-26-42(59(62)63)45(47-46(44)66-21-22-67-47)54-29-32-10-13-50(3,61)14-11-32/h4-5,7-8,12,17,23-26,30-32,34,40,54,61H,6,9-11,13-16,18-22,27-29H2,1-3H3,(H,53,55)(H,56,60)/t32-,40-,50-/m0/s1. The molecule has 3 aliphatic heterocycles. The van der Waals surface area contributed by atoms with Gasteiger partial charge in [-0.1, -0.05) is 38.1 Å². The number of likely N-dealkylation sites (tertiary alicyclic amines) is 1. The molecule has 5 aliphatic rings. The number of aromatic nitrogens is 2. The molecule has 2 saturated carbocycles. The molecule has 366 valence electrons. The minimum Gasteiger partial charge on any atom is -0.485 e. The van der Waals surface area contributed by atoms with Crippen LogP contribution in [-0.4, -0.2) is 90.3 Å². The Labute approximate surface area is 401 Å². The van der Waals surface area contributed by atoms with Crippen molar-refractivity contribution < 1.29 is 41.8 Å². The van der Waals surface area contributed by atoms with Crippen LogP contribution in [0.5, 0.6) is 23.0 Å². The number of anilines is 2. The number of fused-ring (bicyclic) bond motifs is 2. The number of rotatable bonds is 13. The van der Waals surface area contributed by atoms with E-state index in [1.54, 1.807) is 25.3 Å². The molecule has 18 heteroatoms. The highest BCUT2D eigenvalue weighted by atomic mass is 32.2. The van der Waals surface area contributed by atoms with E-state index in [9.17, 15) is 28.4 Å². The van der Waals surface area contributed by atoms with Gasteiger partial charge in [0.2, 0.25) is 0 Å². The molecule has 3 aromatic carbocycles. The first kappa shape index (κ1) is 46.7. The van der Waals surface area contributed by atoms with Crippen LogP contribution in [0, 0.1) is 27.3 Å². The summed E-state index contributed by atoms with van der Waals surface area (Å²) in [6.07, 6.45) is 11.9. The number of ether oxygens (including phenoxy) is 3. The third-order valence-corrected chi connectivity index (χ3v) is 16.7. The summed E-state index contributed by atoms with van der Waals surface area (Å²) in [7, 11) is -4.94. The molecule has 2 saturated heterocycles. The summed E-state index contributed by atoms with van der Waals surface area (Å²) in [4.78, 5) is 37.5. The summed E-state index contributed by atoms with van der Waals surface area (Å²) >= 11 is 0. The summed E-state index contributed by atoms with van der Waals surface area (Å²) in [5.41, 5.74) is 1.99. The van der Waals surface area contributed by atoms with Crippen molar-refractivity contribution in [3.8, 4) is 23.0 Å². The molecule has 4 fully saturated rings. The van der Waals surface area contributed by atoms with Crippen molar-refractivity contribution in [1.82, 2.24) is 19.6 Å². The number of piperidine rings is 1. The zero-order valence-electron chi connectivity index (χ0n) is 39.3. The quantitative estimate of drug-likeness (QED) is 0.0643.